The van der Waals surface area contributed by atoms with Gasteiger partial charge in [0.15, 0.2) is 0 Å². The second kappa shape index (κ2) is 8.13. The van der Waals surface area contributed by atoms with Gasteiger partial charge in [-0.05, 0) is 89.0 Å². The number of carbonyl (C=O) groups is 1. The van der Waals surface area contributed by atoms with Crippen LogP contribution in [0.15, 0.2) is 72.8 Å². The fourth-order valence-electron chi connectivity index (χ4n) is 3.49. The maximum atomic E-state index is 12.4. The summed E-state index contributed by atoms with van der Waals surface area (Å²) in [5.41, 5.74) is 5.48. The lowest BCUT2D eigenvalue weighted by molar-refractivity contribution is 0.102. The van der Waals surface area contributed by atoms with E-state index in [-0.39, 0.29) is 5.91 Å². The summed E-state index contributed by atoms with van der Waals surface area (Å²) in [6.07, 6.45) is 2.35. The zero-order valence-corrected chi connectivity index (χ0v) is 17.1. The quantitative estimate of drug-likeness (QED) is 0.514. The molecule has 0 fully saturated rings. The maximum Gasteiger partial charge on any atom is 0.255 e. The van der Waals surface area contributed by atoms with Crippen molar-refractivity contribution in [3.63, 3.8) is 0 Å². The molecule has 1 amide bonds. The molecule has 0 aliphatic carbocycles. The molecule has 0 bridgehead atoms. The molecule has 0 saturated heterocycles. The van der Waals surface area contributed by atoms with Crippen molar-refractivity contribution in [3.8, 4) is 0 Å². The van der Waals surface area contributed by atoms with Crippen LogP contribution in [0.25, 0.3) is 0 Å². The zero-order chi connectivity index (χ0) is 18.6. The number of benzene rings is 3. The summed E-state index contributed by atoms with van der Waals surface area (Å²) >= 11 is 2.25. The molecular formula is C23H21IN2O. The van der Waals surface area contributed by atoms with E-state index in [1.165, 1.54) is 23.2 Å². The van der Waals surface area contributed by atoms with E-state index in [4.69, 9.17) is 0 Å². The molecule has 1 heterocycles. The van der Waals surface area contributed by atoms with Crippen LogP contribution in [0.2, 0.25) is 0 Å². The monoisotopic (exact) mass is 468 g/mol. The number of fused-ring (bicyclic) bond motifs is 1. The first kappa shape index (κ1) is 18.0. The number of amides is 1. The van der Waals surface area contributed by atoms with Gasteiger partial charge in [-0.25, -0.2) is 0 Å². The Kier molecular flexibility index (Phi) is 5.43. The molecule has 1 aliphatic rings. The Morgan fingerprint density at radius 2 is 1.70 bits per heavy atom. The molecule has 0 aromatic heterocycles. The van der Waals surface area contributed by atoms with Crippen LogP contribution in [0, 0.1) is 3.57 Å². The molecule has 1 N–H and O–H groups in total. The number of anilines is 2. The van der Waals surface area contributed by atoms with Gasteiger partial charge in [0.25, 0.3) is 5.91 Å². The van der Waals surface area contributed by atoms with Crippen molar-refractivity contribution in [1.82, 2.24) is 0 Å². The van der Waals surface area contributed by atoms with Gasteiger partial charge >= 0.3 is 0 Å². The van der Waals surface area contributed by atoms with Gasteiger partial charge in [0, 0.05) is 33.6 Å². The maximum absolute atomic E-state index is 12.4. The third-order valence-corrected chi connectivity index (χ3v) is 5.62. The molecule has 0 radical (unpaired) electrons. The summed E-state index contributed by atoms with van der Waals surface area (Å²) in [6, 6.07) is 24.4. The van der Waals surface area contributed by atoms with Crippen LogP contribution in [0.3, 0.4) is 0 Å². The van der Waals surface area contributed by atoms with Gasteiger partial charge in [-0.15, -0.1) is 0 Å². The first-order chi connectivity index (χ1) is 13.2. The normalized spacial score (nSPS) is 13.1. The third-order valence-electron chi connectivity index (χ3n) is 4.90. The molecule has 3 aromatic carbocycles. The highest BCUT2D eigenvalue weighted by atomic mass is 127. The molecule has 3 nitrogen and oxygen atoms in total. The van der Waals surface area contributed by atoms with Gasteiger partial charge in [-0.1, -0.05) is 30.3 Å². The predicted octanol–water partition coefficient (Wildman–Crippen LogP) is 5.50. The van der Waals surface area contributed by atoms with E-state index >= 15 is 0 Å². The largest absolute Gasteiger partial charge is 0.367 e. The smallest absolute Gasteiger partial charge is 0.255 e. The van der Waals surface area contributed by atoms with E-state index in [0.29, 0.717) is 5.56 Å². The summed E-state index contributed by atoms with van der Waals surface area (Å²) in [7, 11) is 0. The van der Waals surface area contributed by atoms with E-state index in [0.717, 1.165) is 28.8 Å². The first-order valence-electron chi connectivity index (χ1n) is 9.18. The lowest BCUT2D eigenvalue weighted by Crippen LogP contribution is -2.28. The number of rotatable bonds is 4. The van der Waals surface area contributed by atoms with Gasteiger partial charge in [0.05, 0.1) is 0 Å². The minimum atomic E-state index is -0.0777. The van der Waals surface area contributed by atoms with Crippen molar-refractivity contribution in [2.75, 3.05) is 16.8 Å². The minimum Gasteiger partial charge on any atom is -0.367 e. The fourth-order valence-corrected chi connectivity index (χ4v) is 3.85. The van der Waals surface area contributed by atoms with Crippen molar-refractivity contribution >= 4 is 39.9 Å². The van der Waals surface area contributed by atoms with Crippen molar-refractivity contribution in [2.45, 2.75) is 19.4 Å². The Balaban J connectivity index is 1.43. The topological polar surface area (TPSA) is 32.3 Å². The number of halogens is 1. The summed E-state index contributed by atoms with van der Waals surface area (Å²) in [6.45, 7) is 1.95. The lowest BCUT2D eigenvalue weighted by atomic mass is 10.0. The van der Waals surface area contributed by atoms with Gasteiger partial charge in [0.2, 0.25) is 0 Å². The third kappa shape index (κ3) is 4.33. The molecule has 4 rings (SSSR count). The van der Waals surface area contributed by atoms with Gasteiger partial charge in [-0.2, -0.15) is 0 Å². The zero-order valence-electron chi connectivity index (χ0n) is 15.0. The SMILES string of the molecule is O=C(Nc1ccc(I)cc1)c1ccc(CN2CCCc3ccccc32)cc1. The Hall–Kier alpha value is -2.34. The first-order valence-corrected chi connectivity index (χ1v) is 10.3. The number of nitrogens with zero attached hydrogens (tertiary/aromatic N) is 1. The number of nitrogens with one attached hydrogen (secondary N) is 1. The van der Waals surface area contributed by atoms with Crippen molar-refractivity contribution < 1.29 is 4.79 Å². The average Bonchev–Trinajstić information content (AvgIpc) is 2.70. The Labute approximate surface area is 173 Å². The molecule has 136 valence electrons. The molecule has 4 heteroatoms. The second-order valence-electron chi connectivity index (χ2n) is 6.81. The Bertz CT molecular complexity index is 935. The van der Waals surface area contributed by atoms with Gasteiger partial charge in [-0.3, -0.25) is 4.79 Å². The summed E-state index contributed by atoms with van der Waals surface area (Å²) in [4.78, 5) is 14.9. The Morgan fingerprint density at radius 3 is 2.48 bits per heavy atom. The number of carbonyl (C=O) groups excluding carboxylic acids is 1. The van der Waals surface area contributed by atoms with Crippen LogP contribution >= 0.6 is 22.6 Å². The number of hydrogen-bond donors (Lipinski definition) is 1. The molecule has 27 heavy (non-hydrogen) atoms. The lowest BCUT2D eigenvalue weighted by Gasteiger charge is -2.31. The summed E-state index contributed by atoms with van der Waals surface area (Å²) in [5, 5.41) is 2.95. The highest BCUT2D eigenvalue weighted by molar-refractivity contribution is 14.1. The molecule has 0 unspecified atom stereocenters. The fraction of sp³-hybridized carbons (Fsp3) is 0.174. The van der Waals surface area contributed by atoms with Crippen molar-refractivity contribution in [2.24, 2.45) is 0 Å². The summed E-state index contributed by atoms with van der Waals surface area (Å²) < 4.78 is 1.15. The standard InChI is InChI=1S/C23H21IN2O/c24-20-11-13-21(14-12-20)25-23(27)19-9-7-17(8-10-19)16-26-15-3-5-18-4-1-2-6-22(18)26/h1-2,4,6-14H,3,5,15-16H2,(H,25,27). The van der Waals surface area contributed by atoms with Crippen molar-refractivity contribution in [3.05, 3.63) is 93.1 Å². The van der Waals surface area contributed by atoms with Crippen LogP contribution in [-0.2, 0) is 13.0 Å². The van der Waals surface area contributed by atoms with E-state index < -0.39 is 0 Å². The van der Waals surface area contributed by atoms with E-state index in [2.05, 4.69) is 69.2 Å². The predicted molar refractivity (Wildman–Crippen MR) is 119 cm³/mol. The highest BCUT2D eigenvalue weighted by Gasteiger charge is 2.16. The van der Waals surface area contributed by atoms with Crippen molar-refractivity contribution in [1.29, 1.82) is 0 Å². The molecule has 3 aromatic rings. The van der Waals surface area contributed by atoms with Crippen LogP contribution < -0.4 is 10.2 Å². The van der Waals surface area contributed by atoms with E-state index in [1.807, 2.05) is 36.4 Å². The number of hydrogen-bond acceptors (Lipinski definition) is 2. The molecule has 0 saturated carbocycles. The van der Waals surface area contributed by atoms with Crippen LogP contribution in [0.1, 0.15) is 27.9 Å². The molecule has 0 atom stereocenters. The van der Waals surface area contributed by atoms with Gasteiger partial charge < -0.3 is 10.2 Å². The summed E-state index contributed by atoms with van der Waals surface area (Å²) in [5.74, 6) is -0.0777. The number of aryl methyl sites for hydroxylation is 1. The second-order valence-corrected chi connectivity index (χ2v) is 8.06. The molecular weight excluding hydrogens is 447 g/mol. The number of para-hydroxylation sites is 1. The van der Waals surface area contributed by atoms with E-state index in [9.17, 15) is 4.79 Å². The van der Waals surface area contributed by atoms with Crippen LogP contribution in [-0.4, -0.2) is 12.5 Å². The molecule has 0 spiro atoms. The van der Waals surface area contributed by atoms with Crippen LogP contribution in [0.5, 0.6) is 0 Å². The van der Waals surface area contributed by atoms with Crippen LogP contribution in [0.4, 0.5) is 11.4 Å². The average molecular weight is 468 g/mol. The Morgan fingerprint density at radius 1 is 0.963 bits per heavy atom. The molecule has 1 aliphatic heterocycles. The minimum absolute atomic E-state index is 0.0777. The highest BCUT2D eigenvalue weighted by Crippen LogP contribution is 2.28. The van der Waals surface area contributed by atoms with E-state index in [1.54, 1.807) is 0 Å². The van der Waals surface area contributed by atoms with Gasteiger partial charge in [0.1, 0.15) is 0 Å².